The molecule has 0 aliphatic heterocycles. The van der Waals surface area contributed by atoms with Gasteiger partial charge in [-0.25, -0.2) is 5.43 Å². The van der Waals surface area contributed by atoms with Crippen molar-refractivity contribution in [2.75, 3.05) is 0 Å². The molecule has 0 atom stereocenters. The minimum atomic E-state index is -0.352. The molecule has 1 heterocycles. The Morgan fingerprint density at radius 2 is 2.00 bits per heavy atom. The smallest absolute Gasteiger partial charge is 0.275 e. The van der Waals surface area contributed by atoms with Gasteiger partial charge in [-0.2, -0.15) is 5.10 Å². The molecule has 5 nitrogen and oxygen atoms in total. The van der Waals surface area contributed by atoms with E-state index in [2.05, 4.69) is 31.4 Å². The van der Waals surface area contributed by atoms with Gasteiger partial charge in [-0.3, -0.25) is 9.78 Å². The van der Waals surface area contributed by atoms with Gasteiger partial charge in [-0.1, -0.05) is 52.3 Å². The molecule has 0 aliphatic carbocycles. The van der Waals surface area contributed by atoms with Crippen LogP contribution in [0.25, 0.3) is 0 Å². The van der Waals surface area contributed by atoms with Crippen LogP contribution in [0.4, 0.5) is 0 Å². The number of nitrogens with one attached hydrogen (secondary N) is 1. The van der Waals surface area contributed by atoms with Crippen LogP contribution in [-0.2, 0) is 6.61 Å². The lowest BCUT2D eigenvalue weighted by Crippen LogP contribution is -2.18. The lowest BCUT2D eigenvalue weighted by Gasteiger charge is -2.11. The fourth-order valence-electron chi connectivity index (χ4n) is 2.22. The van der Waals surface area contributed by atoms with E-state index in [-0.39, 0.29) is 5.91 Å². The monoisotopic (exact) mass is 409 g/mol. The van der Waals surface area contributed by atoms with Crippen molar-refractivity contribution >= 4 is 28.1 Å². The van der Waals surface area contributed by atoms with Gasteiger partial charge in [0.15, 0.2) is 0 Å². The van der Waals surface area contributed by atoms with Crippen molar-refractivity contribution in [2.24, 2.45) is 5.10 Å². The molecule has 0 unspecified atom stereocenters. The number of hydrogen-bond acceptors (Lipinski definition) is 4. The van der Waals surface area contributed by atoms with Crippen molar-refractivity contribution < 1.29 is 9.53 Å². The van der Waals surface area contributed by atoms with Crippen LogP contribution in [0.5, 0.6) is 5.75 Å². The molecule has 0 fully saturated rings. The molecule has 3 aromatic rings. The maximum Gasteiger partial charge on any atom is 0.275 e. The molecule has 1 N–H and O–H groups in total. The van der Waals surface area contributed by atoms with E-state index in [1.807, 2.05) is 42.5 Å². The highest BCUT2D eigenvalue weighted by molar-refractivity contribution is 9.10. The predicted molar refractivity (Wildman–Crippen MR) is 104 cm³/mol. The molecule has 0 bridgehead atoms. The Morgan fingerprint density at radius 1 is 1.15 bits per heavy atom. The summed E-state index contributed by atoms with van der Waals surface area (Å²) in [7, 11) is 0. The number of benzene rings is 2. The van der Waals surface area contributed by atoms with Crippen molar-refractivity contribution in [3.63, 3.8) is 0 Å². The molecular weight excluding hydrogens is 394 g/mol. The topological polar surface area (TPSA) is 63.6 Å². The summed E-state index contributed by atoms with van der Waals surface area (Å²) in [5.41, 5.74) is 4.74. The van der Waals surface area contributed by atoms with Crippen LogP contribution < -0.4 is 10.2 Å². The summed E-state index contributed by atoms with van der Waals surface area (Å²) in [6.45, 7) is 0.377. The summed E-state index contributed by atoms with van der Waals surface area (Å²) in [4.78, 5) is 16.5. The lowest BCUT2D eigenvalue weighted by atomic mass is 10.2. The number of hydrogen-bond donors (Lipinski definition) is 1. The summed E-state index contributed by atoms with van der Waals surface area (Å²) in [5.74, 6) is 0.139. The molecule has 0 saturated carbocycles. The van der Waals surface area contributed by atoms with Crippen LogP contribution in [0.15, 0.2) is 82.6 Å². The van der Waals surface area contributed by atoms with Crippen LogP contribution in [-0.4, -0.2) is 17.1 Å². The van der Waals surface area contributed by atoms with Gasteiger partial charge in [-0.15, -0.1) is 0 Å². The third kappa shape index (κ3) is 5.00. The molecule has 0 saturated heterocycles. The number of carbonyl (C=O) groups excluding carboxylic acids is 1. The minimum absolute atomic E-state index is 0.352. The van der Waals surface area contributed by atoms with Gasteiger partial charge in [0.2, 0.25) is 0 Å². The van der Waals surface area contributed by atoms with Gasteiger partial charge in [0, 0.05) is 22.4 Å². The van der Waals surface area contributed by atoms with Crippen molar-refractivity contribution in [3.8, 4) is 5.75 Å². The zero-order valence-corrected chi connectivity index (χ0v) is 15.4. The van der Waals surface area contributed by atoms with Gasteiger partial charge >= 0.3 is 0 Å². The molecule has 3 rings (SSSR count). The van der Waals surface area contributed by atoms with Crippen molar-refractivity contribution in [1.82, 2.24) is 10.4 Å². The molecule has 130 valence electrons. The Balaban J connectivity index is 1.70. The highest BCUT2D eigenvalue weighted by atomic mass is 79.9. The normalized spacial score (nSPS) is 10.7. The fraction of sp³-hybridized carbons (Fsp3) is 0.0500. The number of ether oxygens (including phenoxy) is 1. The number of carbonyl (C=O) groups is 1. The summed E-state index contributed by atoms with van der Waals surface area (Å²) in [6.07, 6.45) is 4.87. The van der Waals surface area contributed by atoms with Gasteiger partial charge in [0.05, 0.1) is 11.8 Å². The first kappa shape index (κ1) is 17.8. The van der Waals surface area contributed by atoms with Gasteiger partial charge in [-0.05, 0) is 29.8 Å². The van der Waals surface area contributed by atoms with Crippen LogP contribution in [0.1, 0.15) is 21.5 Å². The average Bonchev–Trinajstić information content (AvgIpc) is 2.68. The molecule has 1 aromatic heterocycles. The molecule has 0 spiro atoms. The zero-order valence-electron chi connectivity index (χ0n) is 13.8. The second kappa shape index (κ2) is 8.92. The van der Waals surface area contributed by atoms with Crippen LogP contribution in [0, 0.1) is 0 Å². The summed E-state index contributed by atoms with van der Waals surface area (Å²) in [5, 5.41) is 3.97. The summed E-state index contributed by atoms with van der Waals surface area (Å²) in [6, 6.07) is 18.7. The Labute approximate surface area is 159 Å². The quantitative estimate of drug-likeness (QED) is 0.490. The second-order valence-electron chi connectivity index (χ2n) is 5.40. The highest BCUT2D eigenvalue weighted by Crippen LogP contribution is 2.24. The number of pyridine rings is 1. The highest BCUT2D eigenvalue weighted by Gasteiger charge is 2.13. The number of rotatable bonds is 6. The first-order chi connectivity index (χ1) is 12.7. The molecule has 6 heteroatoms. The average molecular weight is 410 g/mol. The third-order valence-corrected chi connectivity index (χ3v) is 3.98. The maximum atomic E-state index is 12.5. The van der Waals surface area contributed by atoms with E-state index in [1.165, 1.54) is 6.21 Å². The predicted octanol–water partition coefficient (Wildman–Crippen LogP) is 4.19. The van der Waals surface area contributed by atoms with Crippen molar-refractivity contribution in [3.05, 3.63) is 94.2 Å². The molecule has 1 amide bonds. The first-order valence-electron chi connectivity index (χ1n) is 7.92. The Bertz CT molecular complexity index is 899. The minimum Gasteiger partial charge on any atom is -0.488 e. The number of halogens is 1. The van der Waals surface area contributed by atoms with Crippen LogP contribution >= 0.6 is 15.9 Å². The fourth-order valence-corrected chi connectivity index (χ4v) is 2.58. The third-order valence-electron chi connectivity index (χ3n) is 3.49. The maximum absolute atomic E-state index is 12.5. The Morgan fingerprint density at radius 3 is 2.77 bits per heavy atom. The Hall–Kier alpha value is -2.99. The molecule has 0 radical (unpaired) electrons. The van der Waals surface area contributed by atoms with Gasteiger partial charge in [0.1, 0.15) is 12.4 Å². The van der Waals surface area contributed by atoms with E-state index < -0.39 is 0 Å². The second-order valence-corrected chi connectivity index (χ2v) is 6.32. The van der Waals surface area contributed by atoms with Gasteiger partial charge in [0.25, 0.3) is 5.91 Å². The van der Waals surface area contributed by atoms with Crippen LogP contribution in [0.3, 0.4) is 0 Å². The van der Waals surface area contributed by atoms with E-state index in [4.69, 9.17) is 4.74 Å². The van der Waals surface area contributed by atoms with E-state index in [9.17, 15) is 4.79 Å². The number of aromatic nitrogens is 1. The Kier molecular flexibility index (Phi) is 6.11. The van der Waals surface area contributed by atoms with Crippen LogP contribution in [0.2, 0.25) is 0 Å². The van der Waals surface area contributed by atoms with Crippen molar-refractivity contribution in [2.45, 2.75) is 6.61 Å². The SMILES string of the molecule is O=C(NN=Cc1cccnc1)c1cc(Br)ccc1OCc1ccccc1. The molecule has 26 heavy (non-hydrogen) atoms. The molecule has 2 aromatic carbocycles. The van der Waals surface area contributed by atoms with Gasteiger partial charge < -0.3 is 4.74 Å². The number of hydrazone groups is 1. The van der Waals surface area contributed by atoms with E-state index >= 15 is 0 Å². The first-order valence-corrected chi connectivity index (χ1v) is 8.71. The van der Waals surface area contributed by atoms with E-state index in [1.54, 1.807) is 30.6 Å². The molecular formula is C20H16BrN3O2. The van der Waals surface area contributed by atoms with E-state index in [0.29, 0.717) is 17.9 Å². The zero-order chi connectivity index (χ0) is 18.2. The standard InChI is InChI=1S/C20H16BrN3O2/c21-17-8-9-19(26-14-15-5-2-1-3-6-15)18(11-17)20(25)24-23-13-16-7-4-10-22-12-16/h1-13H,14H2,(H,24,25). The lowest BCUT2D eigenvalue weighted by molar-refractivity contribution is 0.0950. The number of amides is 1. The number of nitrogens with zero attached hydrogens (tertiary/aromatic N) is 2. The largest absolute Gasteiger partial charge is 0.488 e. The molecule has 0 aliphatic rings. The van der Waals surface area contributed by atoms with Crippen molar-refractivity contribution in [1.29, 1.82) is 0 Å². The summed E-state index contributed by atoms with van der Waals surface area (Å²) >= 11 is 3.38. The summed E-state index contributed by atoms with van der Waals surface area (Å²) < 4.78 is 6.60. The van der Waals surface area contributed by atoms with E-state index in [0.717, 1.165) is 15.6 Å².